The van der Waals surface area contributed by atoms with Gasteiger partial charge in [-0.2, -0.15) is 0 Å². The molecule has 0 unspecified atom stereocenters. The van der Waals surface area contributed by atoms with Gasteiger partial charge in [-0.25, -0.2) is 4.98 Å². The third kappa shape index (κ3) is 2.52. The zero-order chi connectivity index (χ0) is 14.3. The summed E-state index contributed by atoms with van der Waals surface area (Å²) in [5.74, 6) is 0.898. The Morgan fingerprint density at radius 2 is 2.15 bits per heavy atom. The molecular formula is C14H14Cl2N2OS. The van der Waals surface area contributed by atoms with Crippen molar-refractivity contribution in [1.82, 2.24) is 9.55 Å². The maximum absolute atomic E-state index is 12.4. The number of imidazole rings is 1. The summed E-state index contributed by atoms with van der Waals surface area (Å²) in [4.78, 5) is 17.0. The summed E-state index contributed by atoms with van der Waals surface area (Å²) in [5.41, 5.74) is 2.87. The summed E-state index contributed by atoms with van der Waals surface area (Å²) in [5, 5.41) is 0. The number of Topliss-reactive ketones (excluding diaryl/α,β-unsaturated/α-hetero) is 1. The van der Waals surface area contributed by atoms with Crippen molar-refractivity contribution in [2.24, 2.45) is 0 Å². The number of aromatic nitrogens is 2. The van der Waals surface area contributed by atoms with Crippen molar-refractivity contribution in [1.29, 1.82) is 0 Å². The van der Waals surface area contributed by atoms with E-state index in [1.165, 1.54) is 23.5 Å². The van der Waals surface area contributed by atoms with E-state index in [2.05, 4.69) is 4.98 Å². The van der Waals surface area contributed by atoms with E-state index in [1.807, 2.05) is 11.5 Å². The van der Waals surface area contributed by atoms with Crippen LogP contribution in [0.4, 0.5) is 0 Å². The lowest BCUT2D eigenvalue weighted by Gasteiger charge is -2.14. The van der Waals surface area contributed by atoms with E-state index in [4.69, 9.17) is 23.2 Å². The van der Waals surface area contributed by atoms with Gasteiger partial charge in [-0.1, -0.05) is 23.2 Å². The highest BCUT2D eigenvalue weighted by Crippen LogP contribution is 2.32. The second kappa shape index (κ2) is 5.51. The van der Waals surface area contributed by atoms with Crippen molar-refractivity contribution < 1.29 is 4.79 Å². The number of hydrogen-bond donors (Lipinski definition) is 0. The number of aryl methyl sites for hydroxylation is 2. The number of nitrogens with zero attached hydrogens (tertiary/aromatic N) is 2. The predicted octanol–water partition coefficient (Wildman–Crippen LogP) is 4.32. The number of carbonyl (C=O) groups is 1. The summed E-state index contributed by atoms with van der Waals surface area (Å²) in [6.45, 7) is 2.24. The van der Waals surface area contributed by atoms with Crippen LogP contribution in [0.25, 0.3) is 0 Å². The first-order chi connectivity index (χ1) is 9.56. The van der Waals surface area contributed by atoms with Gasteiger partial charge in [0.05, 0.1) is 22.1 Å². The molecule has 0 spiro atoms. The van der Waals surface area contributed by atoms with Gasteiger partial charge in [0.1, 0.15) is 10.2 Å². The minimum atomic E-state index is -0.00739. The average molecular weight is 329 g/mol. The molecule has 2 heterocycles. The fourth-order valence-corrected chi connectivity index (χ4v) is 4.20. The van der Waals surface area contributed by atoms with Crippen LogP contribution in [0.15, 0.2) is 6.07 Å². The zero-order valence-electron chi connectivity index (χ0n) is 11.1. The molecule has 0 N–H and O–H groups in total. The molecule has 6 heteroatoms. The lowest BCUT2D eigenvalue weighted by atomic mass is 10.0. The summed E-state index contributed by atoms with van der Waals surface area (Å²) in [7, 11) is 0. The molecule has 2 aromatic heterocycles. The van der Waals surface area contributed by atoms with Crippen LogP contribution in [0.1, 0.15) is 40.4 Å². The molecule has 0 aromatic carbocycles. The van der Waals surface area contributed by atoms with E-state index in [0.29, 0.717) is 20.8 Å². The van der Waals surface area contributed by atoms with E-state index >= 15 is 0 Å². The van der Waals surface area contributed by atoms with Gasteiger partial charge < -0.3 is 4.57 Å². The lowest BCUT2D eigenvalue weighted by molar-refractivity contribution is 0.0970. The third-order valence-electron chi connectivity index (χ3n) is 3.68. The van der Waals surface area contributed by atoms with Crippen molar-refractivity contribution >= 4 is 40.3 Å². The van der Waals surface area contributed by atoms with E-state index < -0.39 is 0 Å². The van der Waals surface area contributed by atoms with Crippen LogP contribution in [0.3, 0.4) is 0 Å². The molecular weight excluding hydrogens is 315 g/mol. The summed E-state index contributed by atoms with van der Waals surface area (Å²) < 4.78 is 3.04. The molecule has 3 nitrogen and oxygen atoms in total. The number of thiophene rings is 1. The number of fused-ring (bicyclic) bond motifs is 1. The first-order valence-corrected chi connectivity index (χ1v) is 8.16. The number of halogens is 2. The first kappa shape index (κ1) is 14.1. The highest BCUT2D eigenvalue weighted by Gasteiger charge is 2.21. The number of rotatable bonds is 3. The SMILES string of the molecule is Cc1nc2c(n1CC(=O)c1cc(Cl)sc1Cl)CCCC2. The fourth-order valence-electron chi connectivity index (χ4n) is 2.70. The Morgan fingerprint density at radius 3 is 2.85 bits per heavy atom. The summed E-state index contributed by atoms with van der Waals surface area (Å²) in [6.07, 6.45) is 4.37. The van der Waals surface area contributed by atoms with Gasteiger partial charge in [-0.3, -0.25) is 4.79 Å². The molecule has 0 radical (unpaired) electrons. The van der Waals surface area contributed by atoms with Crippen LogP contribution in [0.2, 0.25) is 8.67 Å². The Kier molecular flexibility index (Phi) is 3.89. The Morgan fingerprint density at radius 1 is 1.40 bits per heavy atom. The summed E-state index contributed by atoms with van der Waals surface area (Å²) in [6, 6.07) is 1.65. The maximum Gasteiger partial charge on any atom is 0.184 e. The monoisotopic (exact) mass is 328 g/mol. The highest BCUT2D eigenvalue weighted by molar-refractivity contribution is 7.20. The van der Waals surface area contributed by atoms with Crippen LogP contribution in [-0.4, -0.2) is 15.3 Å². The Labute approximate surface area is 131 Å². The van der Waals surface area contributed by atoms with E-state index in [9.17, 15) is 4.79 Å². The van der Waals surface area contributed by atoms with E-state index in [0.717, 1.165) is 30.8 Å². The fraction of sp³-hybridized carbons (Fsp3) is 0.429. The van der Waals surface area contributed by atoms with Crippen LogP contribution in [-0.2, 0) is 19.4 Å². The zero-order valence-corrected chi connectivity index (χ0v) is 13.4. The van der Waals surface area contributed by atoms with Gasteiger partial charge in [-0.15, -0.1) is 11.3 Å². The molecule has 3 rings (SSSR count). The molecule has 0 aliphatic heterocycles. The van der Waals surface area contributed by atoms with Crippen LogP contribution in [0, 0.1) is 6.92 Å². The van der Waals surface area contributed by atoms with Crippen LogP contribution >= 0.6 is 34.5 Å². The third-order valence-corrected chi connectivity index (χ3v) is 5.17. The van der Waals surface area contributed by atoms with Crippen molar-refractivity contribution in [3.8, 4) is 0 Å². The van der Waals surface area contributed by atoms with Crippen LogP contribution in [0.5, 0.6) is 0 Å². The van der Waals surface area contributed by atoms with Gasteiger partial charge in [-0.05, 0) is 38.7 Å². The van der Waals surface area contributed by atoms with Crippen molar-refractivity contribution in [2.45, 2.75) is 39.2 Å². The van der Waals surface area contributed by atoms with Gasteiger partial charge >= 0.3 is 0 Å². The maximum atomic E-state index is 12.4. The van der Waals surface area contributed by atoms with E-state index in [1.54, 1.807) is 6.07 Å². The molecule has 0 atom stereocenters. The van der Waals surface area contributed by atoms with Crippen molar-refractivity contribution in [2.75, 3.05) is 0 Å². The number of carbonyl (C=O) groups excluding carboxylic acids is 1. The number of ketones is 1. The largest absolute Gasteiger partial charge is 0.324 e. The standard InChI is InChI=1S/C14H14Cl2N2OS/c1-8-17-10-4-2-3-5-11(10)18(8)7-12(19)9-6-13(15)20-14(9)16/h6H,2-5,7H2,1H3. The topological polar surface area (TPSA) is 34.9 Å². The molecule has 20 heavy (non-hydrogen) atoms. The van der Waals surface area contributed by atoms with Crippen molar-refractivity contribution in [3.63, 3.8) is 0 Å². The summed E-state index contributed by atoms with van der Waals surface area (Å²) >= 11 is 13.2. The van der Waals surface area contributed by atoms with Gasteiger partial charge in [0.15, 0.2) is 5.78 Å². The molecule has 1 aliphatic rings. The van der Waals surface area contributed by atoms with E-state index in [-0.39, 0.29) is 5.78 Å². The second-order valence-electron chi connectivity index (χ2n) is 5.01. The smallest absolute Gasteiger partial charge is 0.184 e. The first-order valence-electron chi connectivity index (χ1n) is 6.59. The molecule has 0 fully saturated rings. The number of hydrogen-bond acceptors (Lipinski definition) is 3. The van der Waals surface area contributed by atoms with Gasteiger partial charge in [0.2, 0.25) is 0 Å². The molecule has 0 amide bonds. The molecule has 0 saturated carbocycles. The van der Waals surface area contributed by atoms with Crippen molar-refractivity contribution in [3.05, 3.63) is 37.5 Å². The molecule has 0 saturated heterocycles. The Hall–Kier alpha value is -0.840. The molecule has 1 aliphatic carbocycles. The molecule has 2 aromatic rings. The quantitative estimate of drug-likeness (QED) is 0.786. The van der Waals surface area contributed by atoms with Gasteiger partial charge in [0, 0.05) is 5.69 Å². The molecule has 106 valence electrons. The highest BCUT2D eigenvalue weighted by atomic mass is 35.5. The minimum Gasteiger partial charge on any atom is -0.324 e. The second-order valence-corrected chi connectivity index (χ2v) is 7.29. The van der Waals surface area contributed by atoms with Crippen LogP contribution < -0.4 is 0 Å². The normalized spacial score (nSPS) is 14.3. The Bertz CT molecular complexity index is 675. The van der Waals surface area contributed by atoms with Gasteiger partial charge in [0.25, 0.3) is 0 Å². The average Bonchev–Trinajstić information content (AvgIpc) is 2.90. The lowest BCUT2D eigenvalue weighted by Crippen LogP contribution is -2.15. The molecule has 0 bridgehead atoms. The Balaban J connectivity index is 1.90. The minimum absolute atomic E-state index is 0.00739. The predicted molar refractivity (Wildman–Crippen MR) is 82.3 cm³/mol.